The zero-order chi connectivity index (χ0) is 11.0. The summed E-state index contributed by atoms with van der Waals surface area (Å²) < 4.78 is 0.580. The molecular formula is C8H18S6. The Bertz CT molecular complexity index is 123. The summed E-state index contributed by atoms with van der Waals surface area (Å²) in [5.74, 6) is 1.48. The van der Waals surface area contributed by atoms with Crippen LogP contribution in [0.4, 0.5) is 0 Å². The third-order valence-electron chi connectivity index (χ3n) is 1.93. The van der Waals surface area contributed by atoms with Crippen molar-refractivity contribution in [2.45, 2.75) is 23.2 Å². The highest BCUT2D eigenvalue weighted by molar-refractivity contribution is 8.23. The second-order valence-corrected chi connectivity index (χ2v) is 8.29. The van der Waals surface area contributed by atoms with E-state index in [9.17, 15) is 0 Å². The largest absolute Gasteiger partial charge is 0.179 e. The first-order valence-electron chi connectivity index (χ1n) is 4.39. The molecule has 0 aliphatic carbocycles. The average Bonchev–Trinajstić information content (AvgIpc) is 2.14. The number of rotatable bonds is 8. The number of hydrogen-bond acceptors (Lipinski definition) is 6. The molecule has 0 N–H and O–H groups in total. The maximum absolute atomic E-state index is 4.48. The summed E-state index contributed by atoms with van der Waals surface area (Å²) in [5.41, 5.74) is 0. The van der Waals surface area contributed by atoms with Gasteiger partial charge in [-0.25, -0.2) is 0 Å². The topological polar surface area (TPSA) is 0 Å². The van der Waals surface area contributed by atoms with E-state index in [1.807, 2.05) is 23.5 Å². The van der Waals surface area contributed by atoms with Crippen molar-refractivity contribution < 1.29 is 0 Å². The van der Waals surface area contributed by atoms with Crippen LogP contribution in [0.2, 0.25) is 0 Å². The van der Waals surface area contributed by atoms with Crippen molar-refractivity contribution in [2.24, 2.45) is 5.92 Å². The first-order valence-corrected chi connectivity index (χ1v) is 8.90. The highest BCUT2D eigenvalue weighted by Crippen LogP contribution is 2.33. The van der Waals surface area contributed by atoms with Gasteiger partial charge in [0.15, 0.2) is 0 Å². The van der Waals surface area contributed by atoms with Gasteiger partial charge in [0.25, 0.3) is 0 Å². The van der Waals surface area contributed by atoms with E-state index in [0.717, 1.165) is 22.3 Å². The molecule has 0 spiro atoms. The second-order valence-electron chi connectivity index (χ2n) is 2.94. The molecule has 6 heteroatoms. The van der Waals surface area contributed by atoms with E-state index in [0.29, 0.717) is 15.7 Å². The van der Waals surface area contributed by atoms with Crippen LogP contribution in [-0.4, -0.2) is 25.8 Å². The molecule has 0 aromatic carbocycles. The van der Waals surface area contributed by atoms with Gasteiger partial charge in [-0.3, -0.25) is 0 Å². The van der Waals surface area contributed by atoms with Crippen molar-refractivity contribution in [3.63, 3.8) is 0 Å². The fourth-order valence-electron chi connectivity index (χ4n) is 1.02. The molecule has 0 aliphatic rings. The van der Waals surface area contributed by atoms with E-state index in [1.54, 1.807) is 0 Å². The Kier molecular flexibility index (Phi) is 11.8. The molecule has 0 aromatic rings. The average molecular weight is 307 g/mol. The number of hydrogen-bond donors (Lipinski definition) is 4. The highest BCUT2D eigenvalue weighted by Gasteiger charge is 2.18. The van der Waals surface area contributed by atoms with Gasteiger partial charge in [0.05, 0.1) is 4.58 Å². The van der Waals surface area contributed by atoms with Crippen molar-refractivity contribution in [2.75, 3.05) is 15.9 Å². The van der Waals surface area contributed by atoms with E-state index in [-0.39, 0.29) is 0 Å². The summed E-state index contributed by atoms with van der Waals surface area (Å²) in [6.45, 7) is 2.14. The lowest BCUT2D eigenvalue weighted by atomic mass is 10.1. The lowest BCUT2D eigenvalue weighted by Crippen LogP contribution is -2.18. The molecule has 0 radical (unpaired) electrons. The van der Waals surface area contributed by atoms with Crippen LogP contribution in [-0.2, 0) is 0 Å². The molecule has 0 rings (SSSR count). The summed E-state index contributed by atoms with van der Waals surface area (Å²) >= 11 is 21.1. The van der Waals surface area contributed by atoms with Crippen molar-refractivity contribution >= 4 is 74.0 Å². The summed E-state index contributed by atoms with van der Waals surface area (Å²) in [6.07, 6.45) is 1.14. The van der Waals surface area contributed by atoms with E-state index < -0.39 is 0 Å². The van der Waals surface area contributed by atoms with E-state index in [4.69, 9.17) is 0 Å². The van der Waals surface area contributed by atoms with Gasteiger partial charge in [0.1, 0.15) is 0 Å². The lowest BCUT2D eigenvalue weighted by molar-refractivity contribution is 0.567. The smallest absolute Gasteiger partial charge is 0.0522 e. The highest BCUT2D eigenvalue weighted by atomic mass is 32.2. The van der Waals surface area contributed by atoms with Crippen LogP contribution in [0.1, 0.15) is 13.3 Å². The molecule has 0 aromatic heterocycles. The SMILES string of the molecule is CC(S)C(CS)CC(SCS)SCS. The molecule has 0 bridgehead atoms. The van der Waals surface area contributed by atoms with Gasteiger partial charge in [-0.2, -0.15) is 50.5 Å². The van der Waals surface area contributed by atoms with Crippen LogP contribution in [0.25, 0.3) is 0 Å². The van der Waals surface area contributed by atoms with E-state index >= 15 is 0 Å². The quantitative estimate of drug-likeness (QED) is 0.398. The fourth-order valence-corrected chi connectivity index (χ4v) is 5.46. The monoisotopic (exact) mass is 306 g/mol. The normalized spacial score (nSPS) is 15.9. The van der Waals surface area contributed by atoms with Crippen molar-refractivity contribution in [3.8, 4) is 0 Å². The van der Waals surface area contributed by atoms with Gasteiger partial charge in [-0.05, 0) is 18.1 Å². The minimum Gasteiger partial charge on any atom is -0.179 e. The Morgan fingerprint density at radius 1 is 1.07 bits per heavy atom. The van der Waals surface area contributed by atoms with Gasteiger partial charge < -0.3 is 0 Å². The van der Waals surface area contributed by atoms with Gasteiger partial charge in [-0.1, -0.05) is 6.92 Å². The molecular weight excluding hydrogens is 288 g/mol. The number of thiol groups is 4. The molecule has 2 atom stereocenters. The van der Waals surface area contributed by atoms with Gasteiger partial charge in [-0.15, -0.1) is 23.5 Å². The van der Waals surface area contributed by atoms with Crippen molar-refractivity contribution in [1.82, 2.24) is 0 Å². The third kappa shape index (κ3) is 7.39. The maximum Gasteiger partial charge on any atom is 0.0522 e. The minimum absolute atomic E-state index is 0.413. The second kappa shape index (κ2) is 10.3. The Hall–Kier alpha value is 2.10. The molecule has 0 aliphatic heterocycles. The standard InChI is InChI=1S/C8H18S6/c1-6(12)7(3-9)2-8(13-4-10)14-5-11/h6-12H,2-5H2,1H3. The summed E-state index contributed by atoms with van der Waals surface area (Å²) in [6, 6.07) is 0. The lowest BCUT2D eigenvalue weighted by Gasteiger charge is -2.23. The first-order chi connectivity index (χ1) is 6.65. The minimum atomic E-state index is 0.413. The predicted molar refractivity (Wildman–Crippen MR) is 87.1 cm³/mol. The molecule has 0 saturated heterocycles. The van der Waals surface area contributed by atoms with Crippen LogP contribution < -0.4 is 0 Å². The fraction of sp³-hybridized carbons (Fsp3) is 1.00. The van der Waals surface area contributed by atoms with Gasteiger partial charge in [0.2, 0.25) is 0 Å². The van der Waals surface area contributed by atoms with Crippen LogP contribution in [0.3, 0.4) is 0 Å². The summed E-state index contributed by atoms with van der Waals surface area (Å²) in [4.78, 5) is 0. The predicted octanol–water partition coefficient (Wildman–Crippen LogP) is 3.81. The molecule has 0 fully saturated rings. The van der Waals surface area contributed by atoms with Crippen molar-refractivity contribution in [3.05, 3.63) is 0 Å². The zero-order valence-corrected chi connectivity index (χ0v) is 13.4. The Balaban J connectivity index is 3.96. The van der Waals surface area contributed by atoms with E-state index in [2.05, 4.69) is 57.4 Å². The Morgan fingerprint density at radius 3 is 1.86 bits per heavy atom. The van der Waals surface area contributed by atoms with Crippen LogP contribution >= 0.6 is 74.0 Å². The summed E-state index contributed by atoms with van der Waals surface area (Å²) in [5, 5.41) is 2.15. The summed E-state index contributed by atoms with van der Waals surface area (Å²) in [7, 11) is 0. The Morgan fingerprint density at radius 2 is 1.57 bits per heavy atom. The molecule has 86 valence electrons. The van der Waals surface area contributed by atoms with Crippen LogP contribution in [0, 0.1) is 5.92 Å². The molecule has 0 nitrogen and oxygen atoms in total. The van der Waals surface area contributed by atoms with Gasteiger partial charge in [0, 0.05) is 15.4 Å². The molecule has 0 heterocycles. The maximum atomic E-state index is 4.48. The molecule has 0 saturated carbocycles. The van der Waals surface area contributed by atoms with Gasteiger partial charge >= 0.3 is 0 Å². The zero-order valence-electron chi connectivity index (χ0n) is 8.17. The first kappa shape index (κ1) is 16.1. The molecule has 14 heavy (non-hydrogen) atoms. The number of thioether (sulfide) groups is 2. The van der Waals surface area contributed by atoms with Crippen molar-refractivity contribution in [1.29, 1.82) is 0 Å². The van der Waals surface area contributed by atoms with Crippen LogP contribution in [0.5, 0.6) is 0 Å². The molecule has 0 amide bonds. The van der Waals surface area contributed by atoms with Crippen LogP contribution in [0.15, 0.2) is 0 Å². The Labute approximate surface area is 118 Å². The van der Waals surface area contributed by atoms with E-state index in [1.165, 1.54) is 0 Å². The third-order valence-corrected chi connectivity index (χ3v) is 5.96. The molecule has 2 unspecified atom stereocenters.